The average molecular weight is 315 g/mol. The highest BCUT2D eigenvalue weighted by Gasteiger charge is 2.20. The van der Waals surface area contributed by atoms with Crippen LogP contribution in [0.1, 0.15) is 24.9 Å². The van der Waals surface area contributed by atoms with Crippen LogP contribution < -0.4 is 0 Å². The van der Waals surface area contributed by atoms with Crippen molar-refractivity contribution in [2.24, 2.45) is 7.05 Å². The zero-order chi connectivity index (χ0) is 15.4. The molecular formula is C14H23ClN4O2. The fourth-order valence-corrected chi connectivity index (χ4v) is 2.77. The van der Waals surface area contributed by atoms with Crippen LogP contribution in [0.2, 0.25) is 0 Å². The number of hydrogen-bond acceptors (Lipinski definition) is 4. The van der Waals surface area contributed by atoms with E-state index in [4.69, 9.17) is 21.1 Å². The molecule has 1 atom stereocenters. The molecule has 1 unspecified atom stereocenters. The number of methoxy groups -OCH3 is 2. The molecular weight excluding hydrogens is 292 g/mol. The van der Waals surface area contributed by atoms with E-state index in [9.17, 15) is 0 Å². The Bertz CT molecular complexity index is 593. The van der Waals surface area contributed by atoms with Gasteiger partial charge in [0.2, 0.25) is 0 Å². The molecule has 0 radical (unpaired) electrons. The summed E-state index contributed by atoms with van der Waals surface area (Å²) < 4.78 is 14.6. The van der Waals surface area contributed by atoms with Crippen molar-refractivity contribution in [3.8, 4) is 0 Å². The second-order valence-electron chi connectivity index (χ2n) is 5.08. The van der Waals surface area contributed by atoms with Crippen LogP contribution in [-0.4, -0.2) is 46.3 Å². The smallest absolute Gasteiger partial charge is 0.158 e. The molecule has 0 aromatic carbocycles. The molecule has 0 saturated heterocycles. The first kappa shape index (κ1) is 16.3. The number of halogens is 1. The summed E-state index contributed by atoms with van der Waals surface area (Å²) in [6, 6.07) is 0. The summed E-state index contributed by atoms with van der Waals surface area (Å²) in [5.41, 5.74) is 2.97. The van der Waals surface area contributed by atoms with Gasteiger partial charge in [-0.15, -0.1) is 11.6 Å². The van der Waals surface area contributed by atoms with Crippen LogP contribution in [0, 0.1) is 0 Å². The van der Waals surface area contributed by atoms with Gasteiger partial charge in [0, 0.05) is 21.3 Å². The molecule has 0 saturated carbocycles. The fourth-order valence-electron chi connectivity index (χ4n) is 2.57. The minimum absolute atomic E-state index is 0.0427. The van der Waals surface area contributed by atoms with Crippen molar-refractivity contribution in [3.05, 3.63) is 11.5 Å². The van der Waals surface area contributed by atoms with E-state index in [0.717, 1.165) is 35.5 Å². The van der Waals surface area contributed by atoms with Crippen molar-refractivity contribution in [1.82, 2.24) is 19.3 Å². The lowest BCUT2D eigenvalue weighted by molar-refractivity contribution is 0.0185. The van der Waals surface area contributed by atoms with Gasteiger partial charge in [0.15, 0.2) is 5.65 Å². The minimum Gasteiger partial charge on any atom is -0.382 e. The Morgan fingerprint density at radius 3 is 2.67 bits per heavy atom. The third-order valence-electron chi connectivity index (χ3n) is 3.55. The van der Waals surface area contributed by atoms with Gasteiger partial charge < -0.3 is 14.0 Å². The normalized spacial score (nSPS) is 13.2. The first-order valence-electron chi connectivity index (χ1n) is 7.14. The lowest BCUT2D eigenvalue weighted by Gasteiger charge is -2.17. The molecule has 2 aromatic heterocycles. The summed E-state index contributed by atoms with van der Waals surface area (Å²) in [6.07, 6.45) is 1.92. The SMILES string of the molecule is CCCc1nn(C)c2c1nc(CCl)n2CC(COC)OC. The summed E-state index contributed by atoms with van der Waals surface area (Å²) in [6.45, 7) is 3.31. The molecule has 0 bridgehead atoms. The molecule has 2 heterocycles. The second kappa shape index (κ2) is 7.24. The summed E-state index contributed by atoms with van der Waals surface area (Å²) in [7, 11) is 5.29. The summed E-state index contributed by atoms with van der Waals surface area (Å²) in [5, 5.41) is 4.57. The molecule has 0 fully saturated rings. The van der Waals surface area contributed by atoms with E-state index in [2.05, 4.69) is 21.6 Å². The standard InChI is InChI=1S/C14H23ClN4O2/c1-5-6-11-13-14(18(2)17-11)19(12(7-15)16-13)8-10(21-4)9-20-3/h10H,5-9H2,1-4H3. The van der Waals surface area contributed by atoms with Crippen LogP contribution in [0.4, 0.5) is 0 Å². The van der Waals surface area contributed by atoms with Crippen LogP contribution in [0.15, 0.2) is 0 Å². The monoisotopic (exact) mass is 314 g/mol. The van der Waals surface area contributed by atoms with Crippen LogP contribution in [0.3, 0.4) is 0 Å². The molecule has 2 rings (SSSR count). The van der Waals surface area contributed by atoms with Gasteiger partial charge >= 0.3 is 0 Å². The molecule has 0 amide bonds. The summed E-state index contributed by atoms with van der Waals surface area (Å²) in [5.74, 6) is 1.21. The predicted octanol–water partition coefficient (Wildman–Crippen LogP) is 2.12. The van der Waals surface area contributed by atoms with Crippen molar-refractivity contribution < 1.29 is 9.47 Å². The Balaban J connectivity index is 2.45. The van der Waals surface area contributed by atoms with Gasteiger partial charge in [-0.1, -0.05) is 13.3 Å². The third kappa shape index (κ3) is 3.22. The van der Waals surface area contributed by atoms with Gasteiger partial charge in [0.25, 0.3) is 0 Å². The Morgan fingerprint density at radius 1 is 1.33 bits per heavy atom. The first-order chi connectivity index (χ1) is 10.2. The third-order valence-corrected chi connectivity index (χ3v) is 3.79. The molecule has 2 aromatic rings. The van der Waals surface area contributed by atoms with E-state index in [0.29, 0.717) is 19.0 Å². The number of nitrogens with zero attached hydrogens (tertiary/aromatic N) is 4. The van der Waals surface area contributed by atoms with E-state index in [1.165, 1.54) is 0 Å². The highest BCUT2D eigenvalue weighted by molar-refractivity contribution is 6.16. The Kier molecular flexibility index (Phi) is 5.61. The number of aromatic nitrogens is 4. The van der Waals surface area contributed by atoms with Crippen molar-refractivity contribution in [3.63, 3.8) is 0 Å². The number of imidazole rings is 1. The van der Waals surface area contributed by atoms with E-state index in [1.54, 1.807) is 14.2 Å². The van der Waals surface area contributed by atoms with Crippen LogP contribution in [0.25, 0.3) is 11.2 Å². The summed E-state index contributed by atoms with van der Waals surface area (Å²) >= 11 is 6.06. The maximum Gasteiger partial charge on any atom is 0.158 e. The van der Waals surface area contributed by atoms with Crippen molar-refractivity contribution in [2.45, 2.75) is 38.3 Å². The van der Waals surface area contributed by atoms with Crippen molar-refractivity contribution in [2.75, 3.05) is 20.8 Å². The van der Waals surface area contributed by atoms with E-state index in [-0.39, 0.29) is 6.10 Å². The molecule has 7 heteroatoms. The fraction of sp³-hybridized carbons (Fsp3) is 0.714. The first-order valence-corrected chi connectivity index (χ1v) is 7.68. The Hall–Kier alpha value is -1.11. The number of aryl methyl sites for hydroxylation is 2. The number of alkyl halides is 1. The topological polar surface area (TPSA) is 54.1 Å². The number of hydrogen-bond donors (Lipinski definition) is 0. The Morgan fingerprint density at radius 2 is 2.10 bits per heavy atom. The van der Waals surface area contributed by atoms with Gasteiger partial charge in [-0.25, -0.2) is 4.98 Å². The maximum atomic E-state index is 6.06. The lowest BCUT2D eigenvalue weighted by atomic mass is 10.2. The molecule has 0 aliphatic heterocycles. The van der Waals surface area contributed by atoms with Crippen molar-refractivity contribution in [1.29, 1.82) is 0 Å². The van der Waals surface area contributed by atoms with Crippen LogP contribution >= 0.6 is 11.6 Å². The van der Waals surface area contributed by atoms with Gasteiger partial charge in [0.05, 0.1) is 30.8 Å². The highest BCUT2D eigenvalue weighted by atomic mass is 35.5. The van der Waals surface area contributed by atoms with E-state index >= 15 is 0 Å². The molecule has 0 aliphatic rings. The van der Waals surface area contributed by atoms with Crippen LogP contribution in [-0.2, 0) is 35.4 Å². The quantitative estimate of drug-likeness (QED) is 0.700. The second-order valence-corrected chi connectivity index (χ2v) is 5.35. The number of ether oxygens (including phenoxy) is 2. The molecule has 21 heavy (non-hydrogen) atoms. The largest absolute Gasteiger partial charge is 0.382 e. The summed E-state index contributed by atoms with van der Waals surface area (Å²) in [4.78, 5) is 4.67. The van der Waals surface area contributed by atoms with Crippen molar-refractivity contribution >= 4 is 22.8 Å². The Labute approximate surface area is 130 Å². The molecule has 0 N–H and O–H groups in total. The lowest BCUT2D eigenvalue weighted by Crippen LogP contribution is -2.25. The number of fused-ring (bicyclic) bond motifs is 1. The maximum absolute atomic E-state index is 6.06. The number of rotatable bonds is 8. The molecule has 0 spiro atoms. The van der Waals surface area contributed by atoms with Gasteiger partial charge in [-0.05, 0) is 6.42 Å². The van der Waals surface area contributed by atoms with E-state index < -0.39 is 0 Å². The van der Waals surface area contributed by atoms with Gasteiger partial charge in [-0.3, -0.25) is 4.68 Å². The minimum atomic E-state index is -0.0427. The molecule has 6 nitrogen and oxygen atoms in total. The zero-order valence-electron chi connectivity index (χ0n) is 13.1. The van der Waals surface area contributed by atoms with Gasteiger partial charge in [-0.2, -0.15) is 5.10 Å². The van der Waals surface area contributed by atoms with Gasteiger partial charge in [0.1, 0.15) is 11.3 Å². The van der Waals surface area contributed by atoms with E-state index in [1.807, 2.05) is 11.7 Å². The van der Waals surface area contributed by atoms with Crippen LogP contribution in [0.5, 0.6) is 0 Å². The average Bonchev–Trinajstić information content (AvgIpc) is 2.98. The predicted molar refractivity (Wildman–Crippen MR) is 82.7 cm³/mol. The highest BCUT2D eigenvalue weighted by Crippen LogP contribution is 2.22. The molecule has 0 aliphatic carbocycles. The zero-order valence-corrected chi connectivity index (χ0v) is 13.9. The molecule has 118 valence electrons.